The molecule has 0 aliphatic carbocycles. The number of pyridine rings is 1. The highest BCUT2D eigenvalue weighted by molar-refractivity contribution is 6.30. The summed E-state index contributed by atoms with van der Waals surface area (Å²) in [5.74, 6) is 0.0399. The van der Waals surface area contributed by atoms with Crippen LogP contribution in [0.1, 0.15) is 23.1 Å². The maximum absolute atomic E-state index is 12.8. The Kier molecular flexibility index (Phi) is 3.63. The van der Waals surface area contributed by atoms with E-state index in [4.69, 9.17) is 11.6 Å². The number of rotatable bonds is 2. The molecule has 1 aliphatic heterocycles. The molecule has 1 fully saturated rings. The van der Waals surface area contributed by atoms with Crippen LogP contribution in [-0.2, 0) is 6.42 Å². The number of hydrogen-bond donors (Lipinski definition) is 1. The molecular formula is C14H17ClN4O. The second kappa shape index (κ2) is 5.42. The Bertz CT molecular complexity index is 646. The van der Waals surface area contributed by atoms with Crippen LogP contribution in [0.4, 0.5) is 0 Å². The molecule has 6 heteroatoms. The molecule has 3 heterocycles. The summed E-state index contributed by atoms with van der Waals surface area (Å²) in [5, 5.41) is 3.86. The summed E-state index contributed by atoms with van der Waals surface area (Å²) in [4.78, 5) is 19.2. The van der Waals surface area contributed by atoms with Crippen LogP contribution in [0.25, 0.3) is 5.65 Å². The van der Waals surface area contributed by atoms with E-state index < -0.39 is 0 Å². The van der Waals surface area contributed by atoms with E-state index in [0.717, 1.165) is 43.9 Å². The Hall–Kier alpha value is -1.59. The SMILES string of the molecule is CCc1nc2ccc(Cl)cn2c1C(=O)N1CCNCC1. The summed E-state index contributed by atoms with van der Waals surface area (Å²) < 4.78 is 1.81. The fraction of sp³-hybridized carbons (Fsp3) is 0.429. The maximum atomic E-state index is 12.8. The van der Waals surface area contributed by atoms with Gasteiger partial charge in [0, 0.05) is 32.4 Å². The van der Waals surface area contributed by atoms with Gasteiger partial charge in [-0.1, -0.05) is 18.5 Å². The second-order valence-electron chi connectivity index (χ2n) is 4.88. The minimum Gasteiger partial charge on any atom is -0.335 e. The minimum absolute atomic E-state index is 0.0399. The lowest BCUT2D eigenvalue weighted by atomic mass is 10.2. The monoisotopic (exact) mass is 292 g/mol. The summed E-state index contributed by atoms with van der Waals surface area (Å²) >= 11 is 6.05. The van der Waals surface area contributed by atoms with E-state index in [2.05, 4.69) is 10.3 Å². The maximum Gasteiger partial charge on any atom is 0.272 e. The van der Waals surface area contributed by atoms with Gasteiger partial charge in [0.1, 0.15) is 11.3 Å². The van der Waals surface area contributed by atoms with Gasteiger partial charge in [-0.15, -0.1) is 0 Å². The summed E-state index contributed by atoms with van der Waals surface area (Å²) in [7, 11) is 0. The molecule has 0 spiro atoms. The average molecular weight is 293 g/mol. The third kappa shape index (κ3) is 2.27. The van der Waals surface area contributed by atoms with Gasteiger partial charge in [-0.2, -0.15) is 0 Å². The smallest absolute Gasteiger partial charge is 0.272 e. The zero-order chi connectivity index (χ0) is 14.1. The predicted octanol–water partition coefficient (Wildman–Crippen LogP) is 1.60. The largest absolute Gasteiger partial charge is 0.335 e. The standard InChI is InChI=1S/C14H17ClN4O/c1-2-11-13(14(20)18-7-5-16-6-8-18)19-9-10(15)3-4-12(19)17-11/h3-4,9,16H,2,5-8H2,1H3. The molecule has 5 nitrogen and oxygen atoms in total. The van der Waals surface area contributed by atoms with Crippen molar-refractivity contribution >= 4 is 23.2 Å². The van der Waals surface area contributed by atoms with Gasteiger partial charge < -0.3 is 10.2 Å². The number of fused-ring (bicyclic) bond motifs is 1. The van der Waals surface area contributed by atoms with Gasteiger partial charge in [-0.05, 0) is 18.6 Å². The zero-order valence-corrected chi connectivity index (χ0v) is 12.2. The van der Waals surface area contributed by atoms with Gasteiger partial charge in [-0.25, -0.2) is 4.98 Å². The van der Waals surface area contributed by atoms with Gasteiger partial charge in [0.25, 0.3) is 5.91 Å². The van der Waals surface area contributed by atoms with E-state index in [9.17, 15) is 4.79 Å². The third-order valence-electron chi connectivity index (χ3n) is 3.60. The normalized spacial score (nSPS) is 15.8. The summed E-state index contributed by atoms with van der Waals surface area (Å²) in [6, 6.07) is 3.64. The van der Waals surface area contributed by atoms with E-state index in [1.54, 1.807) is 12.3 Å². The van der Waals surface area contributed by atoms with Crippen molar-refractivity contribution in [1.29, 1.82) is 0 Å². The van der Waals surface area contributed by atoms with Crippen LogP contribution < -0.4 is 5.32 Å². The second-order valence-corrected chi connectivity index (χ2v) is 5.31. The van der Waals surface area contributed by atoms with Crippen molar-refractivity contribution in [3.63, 3.8) is 0 Å². The fourth-order valence-corrected chi connectivity index (χ4v) is 2.72. The van der Waals surface area contributed by atoms with Crippen LogP contribution in [-0.4, -0.2) is 46.4 Å². The van der Waals surface area contributed by atoms with E-state index in [-0.39, 0.29) is 5.91 Å². The van der Waals surface area contributed by atoms with Gasteiger partial charge in [-0.3, -0.25) is 9.20 Å². The van der Waals surface area contributed by atoms with Gasteiger partial charge in [0.15, 0.2) is 0 Å². The Balaban J connectivity index is 2.08. The van der Waals surface area contributed by atoms with E-state index in [1.807, 2.05) is 22.3 Å². The average Bonchev–Trinajstić information content (AvgIpc) is 2.85. The first-order valence-electron chi connectivity index (χ1n) is 6.87. The molecule has 20 heavy (non-hydrogen) atoms. The number of halogens is 1. The fourth-order valence-electron chi connectivity index (χ4n) is 2.56. The molecule has 0 unspecified atom stereocenters. The van der Waals surface area contributed by atoms with Crippen molar-refractivity contribution in [2.45, 2.75) is 13.3 Å². The van der Waals surface area contributed by atoms with Crippen LogP contribution in [0.15, 0.2) is 18.3 Å². The lowest BCUT2D eigenvalue weighted by Crippen LogP contribution is -2.46. The molecule has 0 atom stereocenters. The molecule has 3 rings (SSSR count). The Morgan fingerprint density at radius 2 is 2.15 bits per heavy atom. The molecule has 0 aromatic carbocycles. The van der Waals surface area contributed by atoms with E-state index in [0.29, 0.717) is 10.7 Å². The van der Waals surface area contributed by atoms with Crippen LogP contribution in [0.2, 0.25) is 5.02 Å². The first-order valence-corrected chi connectivity index (χ1v) is 7.25. The predicted molar refractivity (Wildman–Crippen MR) is 78.4 cm³/mol. The molecule has 0 bridgehead atoms. The Labute approximate surface area is 122 Å². The van der Waals surface area contributed by atoms with Crippen LogP contribution >= 0.6 is 11.6 Å². The molecular weight excluding hydrogens is 276 g/mol. The van der Waals surface area contributed by atoms with Crippen molar-refractivity contribution in [3.05, 3.63) is 34.7 Å². The van der Waals surface area contributed by atoms with Gasteiger partial charge in [0.2, 0.25) is 0 Å². The number of amides is 1. The molecule has 106 valence electrons. The van der Waals surface area contributed by atoms with Gasteiger partial charge >= 0.3 is 0 Å². The van der Waals surface area contributed by atoms with Crippen molar-refractivity contribution < 1.29 is 4.79 Å². The van der Waals surface area contributed by atoms with Crippen molar-refractivity contribution in [2.24, 2.45) is 0 Å². The Morgan fingerprint density at radius 3 is 2.85 bits per heavy atom. The third-order valence-corrected chi connectivity index (χ3v) is 3.82. The number of piperazine rings is 1. The molecule has 1 saturated heterocycles. The number of nitrogens with one attached hydrogen (secondary N) is 1. The quantitative estimate of drug-likeness (QED) is 0.915. The number of imidazole rings is 1. The topological polar surface area (TPSA) is 49.6 Å². The molecule has 2 aromatic rings. The van der Waals surface area contributed by atoms with Crippen LogP contribution in [0, 0.1) is 0 Å². The summed E-state index contributed by atoms with van der Waals surface area (Å²) in [6.07, 6.45) is 2.49. The highest BCUT2D eigenvalue weighted by Gasteiger charge is 2.24. The zero-order valence-electron chi connectivity index (χ0n) is 11.4. The number of aryl methyl sites for hydroxylation is 1. The molecule has 0 saturated carbocycles. The van der Waals surface area contributed by atoms with Crippen molar-refractivity contribution in [2.75, 3.05) is 26.2 Å². The molecule has 1 amide bonds. The molecule has 2 aromatic heterocycles. The van der Waals surface area contributed by atoms with E-state index in [1.165, 1.54) is 0 Å². The number of carbonyl (C=O) groups excluding carboxylic acids is 1. The summed E-state index contributed by atoms with van der Waals surface area (Å²) in [5.41, 5.74) is 2.24. The lowest BCUT2D eigenvalue weighted by molar-refractivity contribution is 0.0727. The number of aromatic nitrogens is 2. The number of nitrogens with zero attached hydrogens (tertiary/aromatic N) is 3. The van der Waals surface area contributed by atoms with Crippen molar-refractivity contribution in [1.82, 2.24) is 19.6 Å². The molecule has 0 radical (unpaired) electrons. The Morgan fingerprint density at radius 1 is 1.40 bits per heavy atom. The highest BCUT2D eigenvalue weighted by atomic mass is 35.5. The first kappa shape index (κ1) is 13.4. The summed E-state index contributed by atoms with van der Waals surface area (Å²) in [6.45, 7) is 5.15. The van der Waals surface area contributed by atoms with Gasteiger partial charge in [0.05, 0.1) is 10.7 Å². The number of hydrogen-bond acceptors (Lipinski definition) is 3. The highest BCUT2D eigenvalue weighted by Crippen LogP contribution is 2.19. The van der Waals surface area contributed by atoms with Crippen LogP contribution in [0.5, 0.6) is 0 Å². The van der Waals surface area contributed by atoms with E-state index >= 15 is 0 Å². The molecule has 1 aliphatic rings. The lowest BCUT2D eigenvalue weighted by Gasteiger charge is -2.27. The van der Waals surface area contributed by atoms with Crippen molar-refractivity contribution in [3.8, 4) is 0 Å². The van der Waals surface area contributed by atoms with Crippen LogP contribution in [0.3, 0.4) is 0 Å². The number of carbonyl (C=O) groups is 1. The minimum atomic E-state index is 0.0399. The molecule has 1 N–H and O–H groups in total. The first-order chi connectivity index (χ1) is 9.70.